The lowest BCUT2D eigenvalue weighted by molar-refractivity contribution is -0.137. The number of hydrogen-bond donors (Lipinski definition) is 1. The molecule has 1 atom stereocenters. The zero-order valence-corrected chi connectivity index (χ0v) is 11.0. The van der Waals surface area contributed by atoms with E-state index in [9.17, 15) is 4.79 Å². The number of piperazine rings is 1. The third-order valence-electron chi connectivity index (χ3n) is 3.97. The zero-order chi connectivity index (χ0) is 12.1. The van der Waals surface area contributed by atoms with Crippen molar-refractivity contribution in [1.29, 1.82) is 0 Å². The number of rotatable bonds is 2. The van der Waals surface area contributed by atoms with Crippen LogP contribution in [0.2, 0.25) is 0 Å². The first-order valence-corrected chi connectivity index (χ1v) is 7.02. The second-order valence-electron chi connectivity index (χ2n) is 5.20. The molecule has 0 aliphatic carbocycles. The van der Waals surface area contributed by atoms with Crippen molar-refractivity contribution < 1.29 is 4.79 Å². The van der Waals surface area contributed by atoms with E-state index in [-0.39, 0.29) is 6.04 Å². The molecular formula is C13H25N3O. The molecule has 0 radical (unpaired) electrons. The molecule has 4 heteroatoms. The maximum atomic E-state index is 12.4. The second-order valence-corrected chi connectivity index (χ2v) is 5.20. The summed E-state index contributed by atoms with van der Waals surface area (Å²) in [5.74, 6) is 0.327. The minimum Gasteiger partial charge on any atom is -0.339 e. The molecule has 2 aliphatic heterocycles. The van der Waals surface area contributed by atoms with Gasteiger partial charge in [-0.25, -0.2) is 0 Å². The largest absolute Gasteiger partial charge is 0.339 e. The second kappa shape index (κ2) is 6.36. The minimum atomic E-state index is 0.0752. The van der Waals surface area contributed by atoms with Crippen molar-refractivity contribution in [2.24, 2.45) is 0 Å². The van der Waals surface area contributed by atoms with Gasteiger partial charge in [0.15, 0.2) is 0 Å². The van der Waals surface area contributed by atoms with Gasteiger partial charge in [-0.3, -0.25) is 9.69 Å². The van der Waals surface area contributed by atoms with E-state index in [1.165, 1.54) is 25.7 Å². The summed E-state index contributed by atoms with van der Waals surface area (Å²) in [4.78, 5) is 16.8. The minimum absolute atomic E-state index is 0.0752. The quantitative estimate of drug-likeness (QED) is 0.770. The summed E-state index contributed by atoms with van der Waals surface area (Å²) in [5, 5.41) is 3.29. The third kappa shape index (κ3) is 3.42. The Kier molecular flexibility index (Phi) is 4.80. The number of amides is 1. The number of nitrogens with zero attached hydrogens (tertiary/aromatic N) is 2. The van der Waals surface area contributed by atoms with Gasteiger partial charge in [0, 0.05) is 26.2 Å². The molecule has 17 heavy (non-hydrogen) atoms. The molecule has 4 nitrogen and oxygen atoms in total. The third-order valence-corrected chi connectivity index (χ3v) is 3.97. The summed E-state index contributed by atoms with van der Waals surface area (Å²) in [7, 11) is 0. The van der Waals surface area contributed by atoms with E-state index < -0.39 is 0 Å². The Morgan fingerprint density at radius 3 is 2.18 bits per heavy atom. The van der Waals surface area contributed by atoms with Crippen LogP contribution in [-0.2, 0) is 4.79 Å². The first kappa shape index (κ1) is 12.8. The summed E-state index contributed by atoms with van der Waals surface area (Å²) < 4.78 is 0. The van der Waals surface area contributed by atoms with Gasteiger partial charge in [-0.2, -0.15) is 0 Å². The van der Waals surface area contributed by atoms with Crippen molar-refractivity contribution in [3.05, 3.63) is 0 Å². The van der Waals surface area contributed by atoms with Gasteiger partial charge in [-0.1, -0.05) is 12.8 Å². The normalized spacial score (nSPS) is 25.4. The SMILES string of the molecule is CC(C(=O)N1CCNCC1)N1CCCCCC1. The van der Waals surface area contributed by atoms with Crippen LogP contribution in [0.1, 0.15) is 32.6 Å². The Morgan fingerprint density at radius 2 is 1.59 bits per heavy atom. The van der Waals surface area contributed by atoms with Crippen LogP contribution in [0.5, 0.6) is 0 Å². The van der Waals surface area contributed by atoms with Crippen molar-refractivity contribution in [2.75, 3.05) is 39.3 Å². The number of carbonyl (C=O) groups excluding carboxylic acids is 1. The van der Waals surface area contributed by atoms with Crippen LogP contribution < -0.4 is 5.32 Å². The molecule has 2 saturated heterocycles. The van der Waals surface area contributed by atoms with E-state index in [0.717, 1.165) is 39.3 Å². The van der Waals surface area contributed by atoms with Crippen molar-refractivity contribution in [2.45, 2.75) is 38.6 Å². The maximum absolute atomic E-state index is 12.4. The molecule has 1 unspecified atom stereocenters. The number of nitrogens with one attached hydrogen (secondary N) is 1. The lowest BCUT2D eigenvalue weighted by Crippen LogP contribution is -2.53. The average molecular weight is 239 g/mol. The molecule has 2 rings (SSSR count). The molecule has 0 aromatic rings. The Balaban J connectivity index is 1.88. The van der Waals surface area contributed by atoms with Gasteiger partial charge in [-0.05, 0) is 32.9 Å². The van der Waals surface area contributed by atoms with Crippen molar-refractivity contribution >= 4 is 5.91 Å². The highest BCUT2D eigenvalue weighted by Gasteiger charge is 2.26. The Bertz CT molecular complexity index is 243. The molecular weight excluding hydrogens is 214 g/mol. The molecule has 0 bridgehead atoms. The van der Waals surface area contributed by atoms with Gasteiger partial charge in [0.1, 0.15) is 0 Å². The number of hydrogen-bond acceptors (Lipinski definition) is 3. The van der Waals surface area contributed by atoms with Crippen LogP contribution in [0.15, 0.2) is 0 Å². The van der Waals surface area contributed by atoms with Gasteiger partial charge >= 0.3 is 0 Å². The predicted octanol–water partition coefficient (Wildman–Crippen LogP) is 0.683. The van der Waals surface area contributed by atoms with Crippen molar-refractivity contribution in [3.63, 3.8) is 0 Å². The lowest BCUT2D eigenvalue weighted by atomic mass is 10.2. The Labute approximate surface area is 104 Å². The van der Waals surface area contributed by atoms with Gasteiger partial charge in [0.05, 0.1) is 6.04 Å². The van der Waals surface area contributed by atoms with Gasteiger partial charge < -0.3 is 10.2 Å². The molecule has 0 spiro atoms. The fourth-order valence-electron chi connectivity index (χ4n) is 2.79. The Morgan fingerprint density at radius 1 is 1.00 bits per heavy atom. The highest BCUT2D eigenvalue weighted by molar-refractivity contribution is 5.81. The van der Waals surface area contributed by atoms with E-state index in [2.05, 4.69) is 17.1 Å². The fourth-order valence-corrected chi connectivity index (χ4v) is 2.79. The standard InChI is InChI=1S/C13H25N3O/c1-12(15-8-4-2-3-5-9-15)13(17)16-10-6-14-7-11-16/h12,14H,2-11H2,1H3. The van der Waals surface area contributed by atoms with Crippen LogP contribution in [0, 0.1) is 0 Å². The van der Waals surface area contributed by atoms with Crippen LogP contribution >= 0.6 is 0 Å². The van der Waals surface area contributed by atoms with E-state index in [1.807, 2.05) is 4.90 Å². The fraction of sp³-hybridized carbons (Fsp3) is 0.923. The summed E-state index contributed by atoms with van der Waals surface area (Å²) in [6.45, 7) is 7.90. The van der Waals surface area contributed by atoms with Gasteiger partial charge in [-0.15, -0.1) is 0 Å². The molecule has 0 saturated carbocycles. The summed E-state index contributed by atoms with van der Waals surface area (Å²) in [5.41, 5.74) is 0. The molecule has 1 amide bonds. The maximum Gasteiger partial charge on any atom is 0.239 e. The van der Waals surface area contributed by atoms with Crippen molar-refractivity contribution in [1.82, 2.24) is 15.1 Å². The molecule has 0 aromatic heterocycles. The van der Waals surface area contributed by atoms with Crippen LogP contribution in [0.3, 0.4) is 0 Å². The summed E-state index contributed by atoms with van der Waals surface area (Å²) >= 11 is 0. The van der Waals surface area contributed by atoms with Crippen LogP contribution in [0.4, 0.5) is 0 Å². The molecule has 2 heterocycles. The van der Waals surface area contributed by atoms with Crippen LogP contribution in [-0.4, -0.2) is 61.0 Å². The van der Waals surface area contributed by atoms with E-state index in [0.29, 0.717) is 5.91 Å². The monoisotopic (exact) mass is 239 g/mol. The molecule has 98 valence electrons. The topological polar surface area (TPSA) is 35.6 Å². The van der Waals surface area contributed by atoms with E-state index in [1.54, 1.807) is 0 Å². The first-order valence-electron chi connectivity index (χ1n) is 7.02. The molecule has 2 fully saturated rings. The highest BCUT2D eigenvalue weighted by Crippen LogP contribution is 2.14. The van der Waals surface area contributed by atoms with E-state index in [4.69, 9.17) is 0 Å². The van der Waals surface area contributed by atoms with Gasteiger partial charge in [0.2, 0.25) is 5.91 Å². The van der Waals surface area contributed by atoms with Crippen LogP contribution in [0.25, 0.3) is 0 Å². The predicted molar refractivity (Wildman–Crippen MR) is 69.0 cm³/mol. The molecule has 2 aliphatic rings. The first-order chi connectivity index (χ1) is 8.29. The average Bonchev–Trinajstić information content (AvgIpc) is 2.67. The number of carbonyl (C=O) groups is 1. The number of likely N-dealkylation sites (tertiary alicyclic amines) is 1. The van der Waals surface area contributed by atoms with Crippen molar-refractivity contribution in [3.8, 4) is 0 Å². The smallest absolute Gasteiger partial charge is 0.239 e. The summed E-state index contributed by atoms with van der Waals surface area (Å²) in [6.07, 6.45) is 5.15. The van der Waals surface area contributed by atoms with E-state index >= 15 is 0 Å². The lowest BCUT2D eigenvalue weighted by Gasteiger charge is -2.34. The zero-order valence-electron chi connectivity index (χ0n) is 11.0. The Hall–Kier alpha value is -0.610. The van der Waals surface area contributed by atoms with Gasteiger partial charge in [0.25, 0.3) is 0 Å². The molecule has 0 aromatic carbocycles. The molecule has 1 N–H and O–H groups in total. The highest BCUT2D eigenvalue weighted by atomic mass is 16.2. The summed E-state index contributed by atoms with van der Waals surface area (Å²) in [6, 6.07) is 0.0752.